The summed E-state index contributed by atoms with van der Waals surface area (Å²) in [4.78, 5) is 16.7. The fraction of sp³-hybridized carbons (Fsp3) is 0.300. The summed E-state index contributed by atoms with van der Waals surface area (Å²) in [5, 5.41) is 3.34. The Hall–Kier alpha value is -2.43. The van der Waals surface area contributed by atoms with Gasteiger partial charge in [-0.2, -0.15) is 4.31 Å². The lowest BCUT2D eigenvalue weighted by atomic mass is 9.97. The second-order valence-electron chi connectivity index (χ2n) is 7.23. The van der Waals surface area contributed by atoms with Crippen molar-refractivity contribution in [3.05, 3.63) is 53.6 Å². The maximum atomic E-state index is 13.4. The Balaban J connectivity index is 1.40. The smallest absolute Gasteiger partial charge is 0.243 e. The van der Waals surface area contributed by atoms with Gasteiger partial charge in [-0.05, 0) is 55.7 Å². The Labute approximate surface area is 176 Å². The number of sulfonamides is 1. The van der Waals surface area contributed by atoms with Crippen LogP contribution in [0.25, 0.3) is 10.2 Å². The Morgan fingerprint density at radius 3 is 2.57 bits per heavy atom. The molecular formula is C20H19F2N3O3S2. The molecule has 10 heteroatoms. The number of halogens is 2. The zero-order valence-corrected chi connectivity index (χ0v) is 17.7. The van der Waals surface area contributed by atoms with Crippen LogP contribution in [0.2, 0.25) is 0 Å². The van der Waals surface area contributed by atoms with E-state index in [1.54, 1.807) is 0 Å². The van der Waals surface area contributed by atoms with E-state index in [-0.39, 0.29) is 29.8 Å². The van der Waals surface area contributed by atoms with Crippen molar-refractivity contribution >= 4 is 42.6 Å². The Morgan fingerprint density at radius 1 is 1.13 bits per heavy atom. The first-order valence-corrected chi connectivity index (χ1v) is 11.6. The van der Waals surface area contributed by atoms with Gasteiger partial charge in [-0.3, -0.25) is 4.79 Å². The number of amides is 1. The number of nitrogens with zero attached hydrogens (tertiary/aromatic N) is 2. The van der Waals surface area contributed by atoms with E-state index in [1.807, 2.05) is 25.1 Å². The Bertz CT molecular complexity index is 1220. The van der Waals surface area contributed by atoms with Gasteiger partial charge in [0.05, 0.1) is 15.1 Å². The highest BCUT2D eigenvalue weighted by Crippen LogP contribution is 2.29. The van der Waals surface area contributed by atoms with Crippen molar-refractivity contribution in [2.75, 3.05) is 18.4 Å². The summed E-state index contributed by atoms with van der Waals surface area (Å²) in [5.74, 6) is -2.86. The summed E-state index contributed by atoms with van der Waals surface area (Å²) >= 11 is 1.39. The first-order chi connectivity index (χ1) is 14.2. The normalized spacial score (nSPS) is 16.1. The van der Waals surface area contributed by atoms with E-state index in [0.717, 1.165) is 27.9 Å². The molecule has 158 valence electrons. The molecule has 1 aromatic heterocycles. The predicted molar refractivity (Wildman–Crippen MR) is 111 cm³/mol. The topological polar surface area (TPSA) is 79.4 Å². The second kappa shape index (κ2) is 8.01. The summed E-state index contributed by atoms with van der Waals surface area (Å²) in [6, 6.07) is 8.38. The van der Waals surface area contributed by atoms with Gasteiger partial charge in [0.25, 0.3) is 0 Å². The third kappa shape index (κ3) is 4.07. The maximum Gasteiger partial charge on any atom is 0.243 e. The molecule has 1 amide bonds. The standard InChI is InChI=1S/C20H19F2N3O3S2/c1-12-2-5-17-18(10-12)29-20(23-17)24-19(26)13-6-8-25(9-7-13)30(27,28)14-3-4-15(21)16(22)11-14/h2-5,10-11,13H,6-9H2,1H3,(H,23,24,26). The van der Waals surface area contributed by atoms with Gasteiger partial charge >= 0.3 is 0 Å². The van der Waals surface area contributed by atoms with E-state index in [9.17, 15) is 22.0 Å². The van der Waals surface area contributed by atoms with Crippen LogP contribution in [0, 0.1) is 24.5 Å². The Morgan fingerprint density at radius 2 is 1.87 bits per heavy atom. The number of carbonyl (C=O) groups is 1. The van der Waals surface area contributed by atoms with Crippen LogP contribution < -0.4 is 5.32 Å². The van der Waals surface area contributed by atoms with Crippen molar-refractivity contribution in [3.63, 3.8) is 0 Å². The molecule has 2 aromatic carbocycles. The minimum absolute atomic E-state index is 0.123. The number of benzene rings is 2. The van der Waals surface area contributed by atoms with Crippen LogP contribution in [0.15, 0.2) is 41.3 Å². The van der Waals surface area contributed by atoms with Crippen LogP contribution in [-0.4, -0.2) is 36.7 Å². The zero-order valence-electron chi connectivity index (χ0n) is 16.1. The number of hydrogen-bond acceptors (Lipinski definition) is 5. The maximum absolute atomic E-state index is 13.4. The van der Waals surface area contributed by atoms with E-state index in [4.69, 9.17) is 0 Å². The highest BCUT2D eigenvalue weighted by molar-refractivity contribution is 7.89. The molecule has 0 saturated carbocycles. The zero-order chi connectivity index (χ0) is 21.5. The molecule has 1 N–H and O–H groups in total. The minimum atomic E-state index is -3.95. The van der Waals surface area contributed by atoms with Gasteiger partial charge < -0.3 is 5.32 Å². The summed E-state index contributed by atoms with van der Waals surface area (Å²) in [5.41, 5.74) is 1.92. The molecule has 0 aliphatic carbocycles. The van der Waals surface area contributed by atoms with E-state index in [1.165, 1.54) is 15.6 Å². The fourth-order valence-corrected chi connectivity index (χ4v) is 5.89. The van der Waals surface area contributed by atoms with Crippen LogP contribution in [0.4, 0.5) is 13.9 Å². The van der Waals surface area contributed by atoms with Gasteiger partial charge in [-0.25, -0.2) is 22.2 Å². The van der Waals surface area contributed by atoms with E-state index in [2.05, 4.69) is 10.3 Å². The number of fused-ring (bicyclic) bond motifs is 1. The lowest BCUT2D eigenvalue weighted by molar-refractivity contribution is -0.120. The van der Waals surface area contributed by atoms with E-state index < -0.39 is 21.7 Å². The summed E-state index contributed by atoms with van der Waals surface area (Å²) in [6.07, 6.45) is 0.664. The van der Waals surface area contributed by atoms with Crippen molar-refractivity contribution in [3.8, 4) is 0 Å². The number of nitrogens with one attached hydrogen (secondary N) is 1. The van der Waals surface area contributed by atoms with Crippen molar-refractivity contribution in [1.29, 1.82) is 0 Å². The molecule has 1 saturated heterocycles. The second-order valence-corrected chi connectivity index (χ2v) is 10.2. The summed E-state index contributed by atoms with van der Waals surface area (Å²) < 4.78 is 54.1. The van der Waals surface area contributed by atoms with Crippen LogP contribution >= 0.6 is 11.3 Å². The van der Waals surface area contributed by atoms with Crippen LogP contribution in [0.1, 0.15) is 18.4 Å². The number of anilines is 1. The molecular weight excluding hydrogens is 432 g/mol. The number of aryl methyl sites for hydroxylation is 1. The SMILES string of the molecule is Cc1ccc2nc(NC(=O)C3CCN(S(=O)(=O)c4ccc(F)c(F)c4)CC3)sc2c1. The molecule has 1 aliphatic rings. The molecule has 0 atom stereocenters. The molecule has 30 heavy (non-hydrogen) atoms. The Kier molecular flexibility index (Phi) is 5.56. The minimum Gasteiger partial charge on any atom is -0.302 e. The van der Waals surface area contributed by atoms with Gasteiger partial charge in [0.1, 0.15) is 0 Å². The first-order valence-electron chi connectivity index (χ1n) is 9.37. The highest BCUT2D eigenvalue weighted by atomic mass is 32.2. The number of piperidine rings is 1. The van der Waals surface area contributed by atoms with Crippen molar-refractivity contribution in [1.82, 2.24) is 9.29 Å². The largest absolute Gasteiger partial charge is 0.302 e. The first kappa shape index (κ1) is 20.8. The summed E-state index contributed by atoms with van der Waals surface area (Å²) in [7, 11) is -3.95. The monoisotopic (exact) mass is 451 g/mol. The van der Waals surface area contributed by atoms with Crippen LogP contribution in [0.5, 0.6) is 0 Å². The molecule has 2 heterocycles. The van der Waals surface area contributed by atoms with Crippen molar-refractivity contribution in [2.24, 2.45) is 5.92 Å². The van der Waals surface area contributed by atoms with E-state index in [0.29, 0.717) is 24.0 Å². The van der Waals surface area contributed by atoms with Crippen molar-refractivity contribution in [2.45, 2.75) is 24.7 Å². The molecule has 0 radical (unpaired) electrons. The van der Waals surface area contributed by atoms with E-state index >= 15 is 0 Å². The lowest BCUT2D eigenvalue weighted by Crippen LogP contribution is -2.41. The number of hydrogen-bond donors (Lipinski definition) is 1. The molecule has 0 spiro atoms. The predicted octanol–water partition coefficient (Wildman–Crippen LogP) is 3.92. The highest BCUT2D eigenvalue weighted by Gasteiger charge is 2.32. The van der Waals surface area contributed by atoms with Gasteiger partial charge in [0.2, 0.25) is 15.9 Å². The molecule has 6 nitrogen and oxygen atoms in total. The van der Waals surface area contributed by atoms with Gasteiger partial charge in [0.15, 0.2) is 16.8 Å². The summed E-state index contributed by atoms with van der Waals surface area (Å²) in [6.45, 7) is 2.23. The molecule has 1 aliphatic heterocycles. The molecule has 3 aromatic rings. The van der Waals surface area contributed by atoms with Crippen LogP contribution in [-0.2, 0) is 14.8 Å². The molecule has 0 bridgehead atoms. The number of rotatable bonds is 4. The average Bonchev–Trinajstić information content (AvgIpc) is 3.11. The molecule has 1 fully saturated rings. The number of thiazole rings is 1. The third-order valence-electron chi connectivity index (χ3n) is 5.13. The average molecular weight is 452 g/mol. The third-order valence-corrected chi connectivity index (χ3v) is 7.96. The fourth-order valence-electron chi connectivity index (χ4n) is 3.44. The molecule has 4 rings (SSSR count). The van der Waals surface area contributed by atoms with Gasteiger partial charge in [-0.1, -0.05) is 17.4 Å². The quantitative estimate of drug-likeness (QED) is 0.652. The van der Waals surface area contributed by atoms with Gasteiger partial charge in [0, 0.05) is 19.0 Å². The lowest BCUT2D eigenvalue weighted by Gasteiger charge is -2.30. The van der Waals surface area contributed by atoms with Crippen molar-refractivity contribution < 1.29 is 22.0 Å². The van der Waals surface area contributed by atoms with Gasteiger partial charge in [-0.15, -0.1) is 0 Å². The number of aromatic nitrogens is 1. The van der Waals surface area contributed by atoms with Crippen LogP contribution in [0.3, 0.4) is 0 Å². The number of carbonyl (C=O) groups excluding carboxylic acids is 1. The molecule has 0 unspecified atom stereocenters.